The summed E-state index contributed by atoms with van der Waals surface area (Å²) >= 11 is 0. The van der Waals surface area contributed by atoms with Crippen molar-refractivity contribution < 1.29 is 24.0 Å². The maximum atomic E-state index is 12.9. The van der Waals surface area contributed by atoms with Crippen LogP contribution in [0.25, 0.3) is 0 Å². The van der Waals surface area contributed by atoms with Gasteiger partial charge < -0.3 is 15.0 Å². The average Bonchev–Trinajstić information content (AvgIpc) is 2.83. The number of non-ortho nitro benzene ring substituents is 1. The molecule has 0 spiro atoms. The predicted octanol–water partition coefficient (Wildman–Crippen LogP) is 3.04. The molecule has 2 aromatic rings. The van der Waals surface area contributed by atoms with E-state index in [-0.39, 0.29) is 36.5 Å². The van der Waals surface area contributed by atoms with E-state index < -0.39 is 28.9 Å². The van der Waals surface area contributed by atoms with E-state index >= 15 is 0 Å². The second kappa shape index (κ2) is 11.5. The molecule has 0 saturated carbocycles. The molecule has 0 bridgehead atoms. The van der Waals surface area contributed by atoms with Gasteiger partial charge in [0, 0.05) is 30.8 Å². The van der Waals surface area contributed by atoms with Gasteiger partial charge in [-0.25, -0.2) is 15.0 Å². The number of nitrogens with one attached hydrogen (secondary N) is 2. The molecule has 0 aliphatic carbocycles. The monoisotopic (exact) mass is 479 g/mol. The van der Waals surface area contributed by atoms with Crippen LogP contribution in [0.4, 0.5) is 10.5 Å². The average molecular weight is 479 g/mol. The van der Waals surface area contributed by atoms with Gasteiger partial charge >= 0.3 is 12.0 Å². The number of rotatable bonds is 9. The topological polar surface area (TPSA) is 143 Å². The minimum Gasteiger partial charge on any atom is -0.463 e. The number of carbonyl (C=O) groups is 3. The third kappa shape index (κ3) is 6.28. The highest BCUT2D eigenvalue weighted by Crippen LogP contribution is 2.35. The summed E-state index contributed by atoms with van der Waals surface area (Å²) in [5.41, 5.74) is 3.77. The Morgan fingerprint density at radius 1 is 1.23 bits per heavy atom. The first-order valence-corrected chi connectivity index (χ1v) is 10.9. The Morgan fingerprint density at radius 2 is 1.97 bits per heavy atom. The second-order valence-electron chi connectivity index (χ2n) is 7.59. The lowest BCUT2D eigenvalue weighted by molar-refractivity contribution is -0.384. The van der Waals surface area contributed by atoms with Gasteiger partial charge in [-0.05, 0) is 25.0 Å². The van der Waals surface area contributed by atoms with E-state index in [1.807, 2.05) is 30.3 Å². The van der Waals surface area contributed by atoms with Gasteiger partial charge in [0.25, 0.3) is 5.69 Å². The number of esters is 1. The van der Waals surface area contributed by atoms with E-state index in [4.69, 9.17) is 4.74 Å². The van der Waals surface area contributed by atoms with Gasteiger partial charge in [0.2, 0.25) is 5.91 Å². The van der Waals surface area contributed by atoms with Crippen molar-refractivity contribution in [3.63, 3.8) is 0 Å². The molecule has 1 aliphatic rings. The largest absolute Gasteiger partial charge is 0.463 e. The van der Waals surface area contributed by atoms with Gasteiger partial charge in [-0.15, -0.1) is 0 Å². The number of carbonyl (C=O) groups excluding carboxylic acids is 3. The number of urea groups is 1. The molecule has 1 aliphatic heterocycles. The second-order valence-corrected chi connectivity index (χ2v) is 7.59. The third-order valence-corrected chi connectivity index (χ3v) is 5.22. The molecule has 0 aromatic heterocycles. The van der Waals surface area contributed by atoms with E-state index in [0.29, 0.717) is 5.56 Å². The van der Waals surface area contributed by atoms with Crippen molar-refractivity contribution in [2.75, 3.05) is 13.2 Å². The Hall–Kier alpha value is -4.54. The lowest BCUT2D eigenvalue weighted by Crippen LogP contribution is -2.49. The van der Waals surface area contributed by atoms with E-state index in [2.05, 4.69) is 15.8 Å². The standard InChI is InChI=1S/C24H25N5O6/c1-3-35-23(31)21-16(2)26-24(32)28(22(21)18-10-7-11-19(14-18)29(33)34)13-12-20(30)27-25-15-17-8-5-4-6-9-17/h4-11,14-15,22H,3,12-13H2,1-2H3,(H,26,32)(H,27,30)/b25-15+. The summed E-state index contributed by atoms with van der Waals surface area (Å²) in [4.78, 5) is 50.1. The molecule has 3 rings (SSSR count). The van der Waals surface area contributed by atoms with Crippen LogP contribution in [-0.4, -0.2) is 47.1 Å². The number of allylic oxidation sites excluding steroid dienone is 1. The number of hydrogen-bond acceptors (Lipinski definition) is 7. The number of nitro benzene ring substituents is 1. The van der Waals surface area contributed by atoms with Crippen molar-refractivity contribution in [3.8, 4) is 0 Å². The van der Waals surface area contributed by atoms with Crippen LogP contribution in [-0.2, 0) is 14.3 Å². The minimum atomic E-state index is -0.983. The lowest BCUT2D eigenvalue weighted by atomic mass is 9.93. The summed E-state index contributed by atoms with van der Waals surface area (Å²) in [5.74, 6) is -1.12. The fourth-order valence-corrected chi connectivity index (χ4v) is 3.63. The summed E-state index contributed by atoms with van der Waals surface area (Å²) in [6.07, 6.45) is 1.36. The van der Waals surface area contributed by atoms with Crippen LogP contribution in [0.5, 0.6) is 0 Å². The third-order valence-electron chi connectivity index (χ3n) is 5.22. The van der Waals surface area contributed by atoms with Crippen molar-refractivity contribution in [1.29, 1.82) is 0 Å². The number of hydrazone groups is 1. The van der Waals surface area contributed by atoms with E-state index in [1.54, 1.807) is 19.9 Å². The van der Waals surface area contributed by atoms with Crippen molar-refractivity contribution >= 4 is 29.8 Å². The minimum absolute atomic E-state index is 0.0813. The van der Waals surface area contributed by atoms with Crippen LogP contribution in [0.15, 0.2) is 71.0 Å². The van der Waals surface area contributed by atoms with Gasteiger partial charge in [-0.2, -0.15) is 5.10 Å². The van der Waals surface area contributed by atoms with Gasteiger partial charge in [0.15, 0.2) is 0 Å². The molecule has 1 unspecified atom stereocenters. The predicted molar refractivity (Wildman–Crippen MR) is 127 cm³/mol. The zero-order valence-electron chi connectivity index (χ0n) is 19.3. The molecule has 35 heavy (non-hydrogen) atoms. The summed E-state index contributed by atoms with van der Waals surface area (Å²) < 4.78 is 5.18. The van der Waals surface area contributed by atoms with Crippen LogP contribution in [0.1, 0.15) is 37.4 Å². The molecule has 1 heterocycles. The molecule has 2 N–H and O–H groups in total. The fraction of sp³-hybridized carbons (Fsp3) is 0.250. The molecule has 0 saturated heterocycles. The Morgan fingerprint density at radius 3 is 2.66 bits per heavy atom. The van der Waals surface area contributed by atoms with Crippen LogP contribution in [0.3, 0.4) is 0 Å². The fourth-order valence-electron chi connectivity index (χ4n) is 3.63. The van der Waals surface area contributed by atoms with Crippen LogP contribution < -0.4 is 10.7 Å². The van der Waals surface area contributed by atoms with Gasteiger partial charge in [-0.3, -0.25) is 14.9 Å². The molecular formula is C24H25N5O6. The van der Waals surface area contributed by atoms with E-state index in [1.165, 1.54) is 29.3 Å². The molecule has 11 heteroatoms. The van der Waals surface area contributed by atoms with Crippen molar-refractivity contribution in [2.24, 2.45) is 5.10 Å². The maximum absolute atomic E-state index is 12.9. The molecular weight excluding hydrogens is 454 g/mol. The number of nitro groups is 1. The zero-order valence-corrected chi connectivity index (χ0v) is 19.3. The number of hydrogen-bond donors (Lipinski definition) is 2. The molecule has 3 amide bonds. The molecule has 11 nitrogen and oxygen atoms in total. The van der Waals surface area contributed by atoms with E-state index in [9.17, 15) is 24.5 Å². The highest BCUT2D eigenvalue weighted by molar-refractivity contribution is 5.95. The lowest BCUT2D eigenvalue weighted by Gasteiger charge is -2.37. The summed E-state index contributed by atoms with van der Waals surface area (Å²) in [6, 6.07) is 13.3. The summed E-state index contributed by atoms with van der Waals surface area (Å²) in [7, 11) is 0. The summed E-state index contributed by atoms with van der Waals surface area (Å²) in [6.45, 7) is 3.22. The zero-order chi connectivity index (χ0) is 25.4. The van der Waals surface area contributed by atoms with Crippen molar-refractivity contribution in [2.45, 2.75) is 26.3 Å². The van der Waals surface area contributed by atoms with Crippen molar-refractivity contribution in [3.05, 3.63) is 87.1 Å². The summed E-state index contributed by atoms with van der Waals surface area (Å²) in [5, 5.41) is 17.8. The Labute approximate surface area is 201 Å². The smallest absolute Gasteiger partial charge is 0.338 e. The highest BCUT2D eigenvalue weighted by Gasteiger charge is 2.39. The molecule has 0 fully saturated rings. The van der Waals surface area contributed by atoms with Gasteiger partial charge in [0.05, 0.1) is 29.4 Å². The van der Waals surface area contributed by atoms with Gasteiger partial charge in [0.1, 0.15) is 0 Å². The Kier molecular flexibility index (Phi) is 8.28. The normalized spacial score (nSPS) is 15.7. The van der Waals surface area contributed by atoms with Crippen LogP contribution >= 0.6 is 0 Å². The number of ether oxygens (including phenoxy) is 1. The number of amides is 3. The Balaban J connectivity index is 1.84. The maximum Gasteiger partial charge on any atom is 0.338 e. The van der Waals surface area contributed by atoms with Crippen molar-refractivity contribution in [1.82, 2.24) is 15.6 Å². The highest BCUT2D eigenvalue weighted by atomic mass is 16.6. The molecule has 1 atom stereocenters. The molecule has 2 aromatic carbocycles. The van der Waals surface area contributed by atoms with E-state index in [0.717, 1.165) is 5.56 Å². The first-order chi connectivity index (χ1) is 16.8. The first-order valence-electron chi connectivity index (χ1n) is 10.9. The van der Waals surface area contributed by atoms with Crippen LogP contribution in [0.2, 0.25) is 0 Å². The SMILES string of the molecule is CCOC(=O)C1=C(C)NC(=O)N(CCC(=O)N/N=C/c2ccccc2)C1c1cccc([N+](=O)[O-])c1. The molecule has 0 radical (unpaired) electrons. The number of benzene rings is 2. The molecule has 182 valence electrons. The Bertz CT molecular complexity index is 1180. The first kappa shape index (κ1) is 25.1. The number of nitrogens with zero attached hydrogens (tertiary/aromatic N) is 3. The van der Waals surface area contributed by atoms with Crippen LogP contribution in [0, 0.1) is 10.1 Å². The van der Waals surface area contributed by atoms with Gasteiger partial charge in [-0.1, -0.05) is 42.5 Å². The quantitative estimate of drug-likeness (QED) is 0.245.